The van der Waals surface area contributed by atoms with Crippen molar-refractivity contribution in [3.63, 3.8) is 0 Å². The Morgan fingerprint density at radius 2 is 1.74 bits per heavy atom. The largest absolute Gasteiger partial charge is 0.493 e. The Kier molecular flexibility index (Phi) is 6.02. The van der Waals surface area contributed by atoms with E-state index in [1.165, 1.54) is 0 Å². The van der Waals surface area contributed by atoms with Crippen molar-refractivity contribution in [2.24, 2.45) is 0 Å². The van der Waals surface area contributed by atoms with E-state index in [0.29, 0.717) is 25.4 Å². The zero-order valence-corrected chi connectivity index (χ0v) is 14.0. The van der Waals surface area contributed by atoms with Gasteiger partial charge in [-0.05, 0) is 37.1 Å². The molecule has 2 rings (SSSR count). The van der Waals surface area contributed by atoms with Gasteiger partial charge >= 0.3 is 0 Å². The van der Waals surface area contributed by atoms with Crippen LogP contribution in [0, 0.1) is 0 Å². The van der Waals surface area contributed by atoms with Gasteiger partial charge in [-0.2, -0.15) is 0 Å². The summed E-state index contributed by atoms with van der Waals surface area (Å²) in [5.41, 5.74) is 1.48. The standard InChI is InChI=1S/C19H25NO3/c1-19(2,21)14-20-12-16-9-10-17(18(11-16)22-3)23-13-15-7-5-4-6-8-15/h4-11,20-21H,12-14H2,1-3H3. The summed E-state index contributed by atoms with van der Waals surface area (Å²) in [6.07, 6.45) is 0. The van der Waals surface area contributed by atoms with Crippen molar-refractivity contribution >= 4 is 0 Å². The van der Waals surface area contributed by atoms with Crippen molar-refractivity contribution < 1.29 is 14.6 Å². The molecule has 2 N–H and O–H groups in total. The van der Waals surface area contributed by atoms with E-state index < -0.39 is 5.60 Å². The van der Waals surface area contributed by atoms with Crippen LogP contribution in [0.25, 0.3) is 0 Å². The average Bonchev–Trinajstić information content (AvgIpc) is 2.53. The Morgan fingerprint density at radius 1 is 1.00 bits per heavy atom. The molecule has 0 amide bonds. The summed E-state index contributed by atoms with van der Waals surface area (Å²) in [5, 5.41) is 12.9. The number of hydrogen-bond acceptors (Lipinski definition) is 4. The van der Waals surface area contributed by atoms with Crippen molar-refractivity contribution in [1.29, 1.82) is 0 Å². The second-order valence-electron chi connectivity index (χ2n) is 6.18. The number of nitrogens with one attached hydrogen (secondary N) is 1. The van der Waals surface area contributed by atoms with Gasteiger partial charge < -0.3 is 19.9 Å². The third-order valence-corrected chi connectivity index (χ3v) is 3.35. The Hall–Kier alpha value is -2.04. The van der Waals surface area contributed by atoms with Crippen LogP contribution in [0.15, 0.2) is 48.5 Å². The SMILES string of the molecule is COc1cc(CNCC(C)(C)O)ccc1OCc1ccccc1. The molecule has 4 nitrogen and oxygen atoms in total. The molecule has 124 valence electrons. The topological polar surface area (TPSA) is 50.7 Å². The number of methoxy groups -OCH3 is 1. The van der Waals surface area contributed by atoms with Crippen LogP contribution in [0.2, 0.25) is 0 Å². The lowest BCUT2D eigenvalue weighted by atomic mass is 10.1. The van der Waals surface area contributed by atoms with Gasteiger partial charge in [0, 0.05) is 13.1 Å². The highest BCUT2D eigenvalue weighted by Gasteiger charge is 2.12. The number of aliphatic hydroxyl groups is 1. The van der Waals surface area contributed by atoms with E-state index >= 15 is 0 Å². The minimum absolute atomic E-state index is 0.507. The van der Waals surface area contributed by atoms with Gasteiger partial charge in [0.05, 0.1) is 12.7 Å². The lowest BCUT2D eigenvalue weighted by molar-refractivity contribution is 0.0795. The molecule has 0 radical (unpaired) electrons. The van der Waals surface area contributed by atoms with Crippen LogP contribution in [0.4, 0.5) is 0 Å². The first-order chi connectivity index (χ1) is 11.0. The second kappa shape index (κ2) is 7.99. The molecule has 23 heavy (non-hydrogen) atoms. The van der Waals surface area contributed by atoms with E-state index in [-0.39, 0.29) is 0 Å². The van der Waals surface area contributed by atoms with Crippen molar-refractivity contribution in [3.8, 4) is 11.5 Å². The molecule has 0 aliphatic heterocycles. The van der Waals surface area contributed by atoms with Crippen LogP contribution in [0.1, 0.15) is 25.0 Å². The smallest absolute Gasteiger partial charge is 0.161 e. The van der Waals surface area contributed by atoms with Gasteiger partial charge in [-0.1, -0.05) is 36.4 Å². The molecule has 0 fully saturated rings. The first-order valence-corrected chi connectivity index (χ1v) is 7.75. The number of ether oxygens (including phenoxy) is 2. The Balaban J connectivity index is 1.96. The van der Waals surface area contributed by atoms with E-state index in [4.69, 9.17) is 9.47 Å². The van der Waals surface area contributed by atoms with Gasteiger partial charge in [-0.25, -0.2) is 0 Å². The first kappa shape index (κ1) is 17.3. The van der Waals surface area contributed by atoms with Crippen LogP contribution in [0.3, 0.4) is 0 Å². The molecule has 0 unspecified atom stereocenters. The van der Waals surface area contributed by atoms with E-state index in [1.54, 1.807) is 21.0 Å². The maximum absolute atomic E-state index is 9.71. The van der Waals surface area contributed by atoms with Crippen LogP contribution in [-0.2, 0) is 13.2 Å². The summed E-state index contributed by atoms with van der Waals surface area (Å²) < 4.78 is 11.3. The maximum atomic E-state index is 9.71. The number of benzene rings is 2. The van der Waals surface area contributed by atoms with Gasteiger partial charge in [0.25, 0.3) is 0 Å². The summed E-state index contributed by atoms with van der Waals surface area (Å²) >= 11 is 0. The summed E-state index contributed by atoms with van der Waals surface area (Å²) in [6.45, 7) is 5.26. The van der Waals surface area contributed by atoms with Gasteiger partial charge in [-0.3, -0.25) is 0 Å². The molecule has 0 spiro atoms. The minimum atomic E-state index is -0.719. The van der Waals surface area contributed by atoms with E-state index in [9.17, 15) is 5.11 Å². The van der Waals surface area contributed by atoms with Crippen LogP contribution < -0.4 is 14.8 Å². The Bertz CT molecular complexity index is 606. The van der Waals surface area contributed by atoms with Gasteiger partial charge in [0.2, 0.25) is 0 Å². The fourth-order valence-corrected chi connectivity index (χ4v) is 2.19. The molecule has 2 aromatic carbocycles. The average molecular weight is 315 g/mol. The van der Waals surface area contributed by atoms with E-state index in [0.717, 1.165) is 16.9 Å². The fourth-order valence-electron chi connectivity index (χ4n) is 2.19. The zero-order chi connectivity index (χ0) is 16.7. The molecule has 2 aromatic rings. The molecule has 0 aliphatic rings. The maximum Gasteiger partial charge on any atom is 0.161 e. The van der Waals surface area contributed by atoms with Crippen molar-refractivity contribution in [2.75, 3.05) is 13.7 Å². The van der Waals surface area contributed by atoms with Gasteiger partial charge in [0.15, 0.2) is 11.5 Å². The minimum Gasteiger partial charge on any atom is -0.493 e. The van der Waals surface area contributed by atoms with Crippen molar-refractivity contribution in [3.05, 3.63) is 59.7 Å². The Labute approximate surface area is 138 Å². The number of hydrogen-bond donors (Lipinski definition) is 2. The van der Waals surface area contributed by atoms with Crippen molar-refractivity contribution in [2.45, 2.75) is 32.6 Å². The summed E-state index contributed by atoms with van der Waals surface area (Å²) in [6, 6.07) is 15.9. The third-order valence-electron chi connectivity index (χ3n) is 3.35. The van der Waals surface area contributed by atoms with E-state index in [2.05, 4.69) is 5.32 Å². The summed E-state index contributed by atoms with van der Waals surface area (Å²) in [5.74, 6) is 1.44. The summed E-state index contributed by atoms with van der Waals surface area (Å²) in [7, 11) is 1.64. The molecule has 0 bridgehead atoms. The van der Waals surface area contributed by atoms with Crippen LogP contribution in [0.5, 0.6) is 11.5 Å². The molecule has 0 saturated heterocycles. The molecular weight excluding hydrogens is 290 g/mol. The lowest BCUT2D eigenvalue weighted by Gasteiger charge is -2.18. The molecule has 0 saturated carbocycles. The zero-order valence-electron chi connectivity index (χ0n) is 14.0. The molecule has 0 atom stereocenters. The molecular formula is C19H25NO3. The number of rotatable bonds is 8. The summed E-state index contributed by atoms with van der Waals surface area (Å²) in [4.78, 5) is 0. The quantitative estimate of drug-likeness (QED) is 0.786. The van der Waals surface area contributed by atoms with Crippen LogP contribution >= 0.6 is 0 Å². The van der Waals surface area contributed by atoms with Crippen molar-refractivity contribution in [1.82, 2.24) is 5.32 Å². The fraction of sp³-hybridized carbons (Fsp3) is 0.368. The first-order valence-electron chi connectivity index (χ1n) is 7.75. The highest BCUT2D eigenvalue weighted by Crippen LogP contribution is 2.28. The highest BCUT2D eigenvalue weighted by molar-refractivity contribution is 5.43. The monoisotopic (exact) mass is 315 g/mol. The van der Waals surface area contributed by atoms with Crippen LogP contribution in [-0.4, -0.2) is 24.4 Å². The lowest BCUT2D eigenvalue weighted by Crippen LogP contribution is -2.34. The molecule has 0 heterocycles. The highest BCUT2D eigenvalue weighted by atomic mass is 16.5. The second-order valence-corrected chi connectivity index (χ2v) is 6.18. The predicted octanol–water partition coefficient (Wildman–Crippen LogP) is 3.13. The predicted molar refractivity (Wildman–Crippen MR) is 91.8 cm³/mol. The third kappa shape index (κ3) is 5.93. The Morgan fingerprint density at radius 3 is 2.39 bits per heavy atom. The molecule has 0 aromatic heterocycles. The van der Waals surface area contributed by atoms with E-state index in [1.807, 2.05) is 48.5 Å². The molecule has 0 aliphatic carbocycles. The molecule has 4 heteroatoms. The normalized spacial score (nSPS) is 11.3. The van der Waals surface area contributed by atoms with Gasteiger partial charge in [-0.15, -0.1) is 0 Å². The van der Waals surface area contributed by atoms with Gasteiger partial charge in [0.1, 0.15) is 6.61 Å².